The van der Waals surface area contributed by atoms with Crippen LogP contribution in [-0.2, 0) is 17.8 Å². The van der Waals surface area contributed by atoms with Crippen molar-refractivity contribution in [3.8, 4) is 5.75 Å². The highest BCUT2D eigenvalue weighted by Gasteiger charge is 2.14. The van der Waals surface area contributed by atoms with Gasteiger partial charge in [-0.15, -0.1) is 0 Å². The summed E-state index contributed by atoms with van der Waals surface area (Å²) in [5.41, 5.74) is 1.79. The standard InChI is InChI=1S/C20H26N4O2/c1-15-12-19(24-10-6-3-7-11-24)23-18(22-15)14-21-20(25)13-16-8-4-5-9-17(16)26-2/h4-5,8-9,12H,3,6-7,10-11,13-14H2,1-2H3,(H,21,25). The molecule has 1 aromatic heterocycles. The number of hydrogen-bond donors (Lipinski definition) is 1. The number of hydrogen-bond acceptors (Lipinski definition) is 5. The molecule has 3 rings (SSSR count). The molecule has 0 atom stereocenters. The number of nitrogens with one attached hydrogen (secondary N) is 1. The van der Waals surface area contributed by atoms with E-state index >= 15 is 0 Å². The summed E-state index contributed by atoms with van der Waals surface area (Å²) in [6.45, 7) is 4.37. The van der Waals surface area contributed by atoms with Gasteiger partial charge in [0.2, 0.25) is 5.91 Å². The normalized spacial score (nSPS) is 14.2. The minimum Gasteiger partial charge on any atom is -0.496 e. The minimum atomic E-state index is -0.0703. The van der Waals surface area contributed by atoms with Gasteiger partial charge in [-0.1, -0.05) is 18.2 Å². The summed E-state index contributed by atoms with van der Waals surface area (Å²) in [5.74, 6) is 2.27. The van der Waals surface area contributed by atoms with Crippen LogP contribution in [0.5, 0.6) is 5.75 Å². The number of piperidine rings is 1. The fourth-order valence-electron chi connectivity index (χ4n) is 3.24. The Labute approximate surface area is 154 Å². The number of para-hydroxylation sites is 1. The van der Waals surface area contributed by atoms with Gasteiger partial charge in [0.1, 0.15) is 17.4 Å². The van der Waals surface area contributed by atoms with E-state index in [0.29, 0.717) is 12.4 Å². The molecule has 6 nitrogen and oxygen atoms in total. The second-order valence-electron chi connectivity index (χ2n) is 6.60. The van der Waals surface area contributed by atoms with Gasteiger partial charge in [-0.3, -0.25) is 4.79 Å². The number of methoxy groups -OCH3 is 1. The van der Waals surface area contributed by atoms with E-state index in [2.05, 4.69) is 20.2 Å². The van der Waals surface area contributed by atoms with Crippen molar-refractivity contribution in [1.29, 1.82) is 0 Å². The van der Waals surface area contributed by atoms with Gasteiger partial charge < -0.3 is 15.0 Å². The Morgan fingerprint density at radius 1 is 1.19 bits per heavy atom. The van der Waals surface area contributed by atoms with Crippen LogP contribution in [-0.4, -0.2) is 36.1 Å². The summed E-state index contributed by atoms with van der Waals surface area (Å²) in [6, 6.07) is 9.57. The van der Waals surface area contributed by atoms with Crippen LogP contribution >= 0.6 is 0 Å². The number of nitrogens with zero attached hydrogens (tertiary/aromatic N) is 3. The summed E-state index contributed by atoms with van der Waals surface area (Å²) >= 11 is 0. The van der Waals surface area contributed by atoms with Gasteiger partial charge in [0.25, 0.3) is 0 Å². The molecule has 0 aliphatic carbocycles. The van der Waals surface area contributed by atoms with Crippen LogP contribution in [0.15, 0.2) is 30.3 Å². The molecular weight excluding hydrogens is 328 g/mol. The van der Waals surface area contributed by atoms with E-state index in [4.69, 9.17) is 4.74 Å². The lowest BCUT2D eigenvalue weighted by atomic mass is 10.1. The smallest absolute Gasteiger partial charge is 0.224 e. The molecule has 2 heterocycles. The van der Waals surface area contributed by atoms with Crippen LogP contribution in [0.25, 0.3) is 0 Å². The lowest BCUT2D eigenvalue weighted by Crippen LogP contribution is -2.31. The van der Waals surface area contributed by atoms with E-state index in [1.165, 1.54) is 19.3 Å². The average molecular weight is 354 g/mol. The Morgan fingerprint density at radius 2 is 1.96 bits per heavy atom. The van der Waals surface area contributed by atoms with E-state index in [1.54, 1.807) is 7.11 Å². The molecule has 0 bridgehead atoms. The molecular formula is C20H26N4O2. The van der Waals surface area contributed by atoms with Crippen molar-refractivity contribution >= 4 is 11.7 Å². The SMILES string of the molecule is COc1ccccc1CC(=O)NCc1nc(C)cc(N2CCCCC2)n1. The maximum atomic E-state index is 12.3. The van der Waals surface area contributed by atoms with Crippen LogP contribution in [0.2, 0.25) is 0 Å². The van der Waals surface area contributed by atoms with E-state index in [1.807, 2.05) is 37.3 Å². The van der Waals surface area contributed by atoms with Crippen molar-refractivity contribution in [2.24, 2.45) is 0 Å². The highest BCUT2D eigenvalue weighted by Crippen LogP contribution is 2.19. The monoisotopic (exact) mass is 354 g/mol. The lowest BCUT2D eigenvalue weighted by molar-refractivity contribution is -0.120. The largest absolute Gasteiger partial charge is 0.496 e. The number of ether oxygens (including phenoxy) is 1. The minimum absolute atomic E-state index is 0.0703. The van der Waals surface area contributed by atoms with Crippen molar-refractivity contribution in [2.45, 2.75) is 39.2 Å². The number of carbonyl (C=O) groups is 1. The molecule has 0 spiro atoms. The van der Waals surface area contributed by atoms with Crippen LogP contribution in [0.4, 0.5) is 5.82 Å². The third-order valence-corrected chi connectivity index (χ3v) is 4.55. The number of benzene rings is 1. The van der Waals surface area contributed by atoms with Gasteiger partial charge in [0.15, 0.2) is 0 Å². The Hall–Kier alpha value is -2.63. The maximum Gasteiger partial charge on any atom is 0.224 e. The van der Waals surface area contributed by atoms with Crippen LogP contribution in [0, 0.1) is 6.92 Å². The molecule has 0 unspecified atom stereocenters. The third kappa shape index (κ3) is 4.71. The number of anilines is 1. The second-order valence-corrected chi connectivity index (χ2v) is 6.60. The Balaban J connectivity index is 1.62. The van der Waals surface area contributed by atoms with Crippen LogP contribution in [0.1, 0.15) is 36.3 Å². The first-order chi connectivity index (χ1) is 12.7. The zero-order valence-electron chi connectivity index (χ0n) is 15.5. The molecule has 1 saturated heterocycles. The summed E-state index contributed by atoms with van der Waals surface area (Å²) in [6.07, 6.45) is 3.96. The summed E-state index contributed by atoms with van der Waals surface area (Å²) in [4.78, 5) is 23.7. The molecule has 26 heavy (non-hydrogen) atoms. The van der Waals surface area contributed by atoms with E-state index in [0.717, 1.165) is 35.9 Å². The quantitative estimate of drug-likeness (QED) is 0.864. The number of aryl methyl sites for hydroxylation is 1. The Kier molecular flexibility index (Phi) is 6.04. The summed E-state index contributed by atoms with van der Waals surface area (Å²) in [7, 11) is 1.61. The zero-order valence-corrected chi connectivity index (χ0v) is 15.5. The first-order valence-corrected chi connectivity index (χ1v) is 9.14. The third-order valence-electron chi connectivity index (χ3n) is 4.55. The van der Waals surface area contributed by atoms with Crippen molar-refractivity contribution < 1.29 is 9.53 Å². The van der Waals surface area contributed by atoms with E-state index in [9.17, 15) is 4.79 Å². The maximum absolute atomic E-state index is 12.3. The molecule has 138 valence electrons. The fraction of sp³-hybridized carbons (Fsp3) is 0.450. The molecule has 0 saturated carbocycles. The predicted molar refractivity (Wildman–Crippen MR) is 101 cm³/mol. The zero-order chi connectivity index (χ0) is 18.4. The molecule has 1 aliphatic heterocycles. The second kappa shape index (κ2) is 8.65. The number of carbonyl (C=O) groups excluding carboxylic acids is 1. The molecule has 1 aromatic carbocycles. The number of amides is 1. The topological polar surface area (TPSA) is 67.3 Å². The van der Waals surface area contributed by atoms with Crippen LogP contribution < -0.4 is 15.0 Å². The first kappa shape index (κ1) is 18.2. The fourth-order valence-corrected chi connectivity index (χ4v) is 3.24. The highest BCUT2D eigenvalue weighted by molar-refractivity contribution is 5.79. The van der Waals surface area contributed by atoms with E-state index < -0.39 is 0 Å². The van der Waals surface area contributed by atoms with Crippen molar-refractivity contribution in [3.63, 3.8) is 0 Å². The summed E-state index contributed by atoms with van der Waals surface area (Å²) in [5, 5.41) is 2.92. The molecule has 1 fully saturated rings. The summed E-state index contributed by atoms with van der Waals surface area (Å²) < 4.78 is 5.30. The molecule has 2 aromatic rings. The first-order valence-electron chi connectivity index (χ1n) is 9.14. The molecule has 1 N–H and O–H groups in total. The van der Waals surface area contributed by atoms with Gasteiger partial charge in [0.05, 0.1) is 20.1 Å². The lowest BCUT2D eigenvalue weighted by Gasteiger charge is -2.28. The van der Waals surface area contributed by atoms with Gasteiger partial charge in [-0.2, -0.15) is 0 Å². The average Bonchev–Trinajstić information content (AvgIpc) is 2.67. The van der Waals surface area contributed by atoms with Gasteiger partial charge in [0, 0.05) is 30.4 Å². The number of rotatable bonds is 6. The Morgan fingerprint density at radius 3 is 2.73 bits per heavy atom. The van der Waals surface area contributed by atoms with E-state index in [-0.39, 0.29) is 12.3 Å². The van der Waals surface area contributed by atoms with Gasteiger partial charge >= 0.3 is 0 Å². The van der Waals surface area contributed by atoms with Crippen molar-refractivity contribution in [2.75, 3.05) is 25.1 Å². The van der Waals surface area contributed by atoms with Crippen molar-refractivity contribution in [1.82, 2.24) is 15.3 Å². The highest BCUT2D eigenvalue weighted by atomic mass is 16.5. The molecule has 1 amide bonds. The molecule has 1 aliphatic rings. The van der Waals surface area contributed by atoms with Crippen molar-refractivity contribution in [3.05, 3.63) is 47.4 Å². The number of aromatic nitrogens is 2. The predicted octanol–water partition coefficient (Wildman–Crippen LogP) is 2.64. The van der Waals surface area contributed by atoms with Gasteiger partial charge in [-0.25, -0.2) is 9.97 Å². The molecule has 6 heteroatoms. The van der Waals surface area contributed by atoms with Crippen LogP contribution in [0.3, 0.4) is 0 Å². The van der Waals surface area contributed by atoms with Gasteiger partial charge in [-0.05, 0) is 32.3 Å². The Bertz CT molecular complexity index is 757. The molecule has 0 radical (unpaired) electrons.